The Kier molecular flexibility index (Phi) is 4.95. The van der Waals surface area contributed by atoms with Gasteiger partial charge in [0, 0.05) is 24.9 Å². The summed E-state index contributed by atoms with van der Waals surface area (Å²) in [5, 5.41) is 6.25. The molecule has 0 saturated heterocycles. The minimum absolute atomic E-state index is 0.00424. The molecule has 0 bridgehead atoms. The number of nitrogens with zero attached hydrogens (tertiary/aromatic N) is 3. The zero-order valence-electron chi connectivity index (χ0n) is 15.6. The number of amides is 2. The lowest BCUT2D eigenvalue weighted by atomic mass is 10.1. The quantitative estimate of drug-likeness (QED) is 0.884. The molecule has 1 aliphatic heterocycles. The minimum atomic E-state index is -2.78. The Bertz CT molecular complexity index is 851. The predicted molar refractivity (Wildman–Crippen MR) is 95.3 cm³/mol. The van der Waals surface area contributed by atoms with Gasteiger partial charge in [0.1, 0.15) is 17.1 Å². The first-order valence-corrected chi connectivity index (χ1v) is 8.42. The van der Waals surface area contributed by atoms with Crippen molar-refractivity contribution in [2.75, 3.05) is 19.0 Å². The van der Waals surface area contributed by atoms with Gasteiger partial charge in [-0.2, -0.15) is 5.10 Å². The highest BCUT2D eigenvalue weighted by atomic mass is 19.3. The van der Waals surface area contributed by atoms with Gasteiger partial charge in [0.2, 0.25) is 0 Å². The maximum Gasteiger partial charge on any atom is 0.322 e. The van der Waals surface area contributed by atoms with E-state index in [1.165, 1.54) is 22.8 Å². The van der Waals surface area contributed by atoms with E-state index < -0.39 is 23.8 Å². The van der Waals surface area contributed by atoms with E-state index in [0.29, 0.717) is 11.5 Å². The third-order valence-corrected chi connectivity index (χ3v) is 4.19. The standard InChI is InChI=1S/C18H22F2N4O3/c1-18(2)10-24(8-11-5-6-12(26-4)7-14(11)27-18)17(25)21-13-9-23(3)22-15(13)16(19)20/h5-7,9,16H,8,10H2,1-4H3,(H,21,25). The first-order valence-electron chi connectivity index (χ1n) is 8.42. The van der Waals surface area contributed by atoms with Gasteiger partial charge in [-0.05, 0) is 26.0 Å². The Labute approximate surface area is 155 Å². The molecular formula is C18H22F2N4O3. The number of aryl methyl sites for hydroxylation is 1. The lowest BCUT2D eigenvalue weighted by Crippen LogP contribution is -2.44. The highest BCUT2D eigenvalue weighted by Crippen LogP contribution is 2.33. The number of alkyl halides is 2. The van der Waals surface area contributed by atoms with Crippen molar-refractivity contribution in [3.05, 3.63) is 35.7 Å². The molecule has 0 atom stereocenters. The van der Waals surface area contributed by atoms with Crippen molar-refractivity contribution in [2.24, 2.45) is 7.05 Å². The van der Waals surface area contributed by atoms with Crippen molar-refractivity contribution in [1.29, 1.82) is 0 Å². The summed E-state index contributed by atoms with van der Waals surface area (Å²) in [6, 6.07) is 4.89. The molecule has 2 heterocycles. The second-order valence-corrected chi connectivity index (χ2v) is 7.02. The number of hydrogen-bond donors (Lipinski definition) is 1. The Balaban J connectivity index is 1.86. The molecule has 1 aromatic heterocycles. The average Bonchev–Trinajstić information content (AvgIpc) is 2.88. The fourth-order valence-corrected chi connectivity index (χ4v) is 3.04. The Morgan fingerprint density at radius 1 is 1.41 bits per heavy atom. The molecule has 0 unspecified atom stereocenters. The van der Waals surface area contributed by atoms with Gasteiger partial charge in [-0.15, -0.1) is 0 Å². The fourth-order valence-electron chi connectivity index (χ4n) is 3.04. The number of hydrogen-bond acceptors (Lipinski definition) is 4. The number of anilines is 1. The molecule has 1 aliphatic rings. The molecule has 2 amide bonds. The molecule has 1 N–H and O–H groups in total. The van der Waals surface area contributed by atoms with Crippen LogP contribution in [0.25, 0.3) is 0 Å². The van der Waals surface area contributed by atoms with Crippen LogP contribution in [0.15, 0.2) is 24.4 Å². The van der Waals surface area contributed by atoms with Gasteiger partial charge in [-0.3, -0.25) is 4.68 Å². The molecule has 0 fully saturated rings. The zero-order valence-corrected chi connectivity index (χ0v) is 15.6. The van der Waals surface area contributed by atoms with Gasteiger partial charge < -0.3 is 19.7 Å². The van der Waals surface area contributed by atoms with E-state index in [0.717, 1.165) is 5.56 Å². The van der Waals surface area contributed by atoms with Crippen LogP contribution >= 0.6 is 0 Å². The van der Waals surface area contributed by atoms with Crippen LogP contribution in [0.2, 0.25) is 0 Å². The normalized spacial score (nSPS) is 15.7. The second-order valence-electron chi connectivity index (χ2n) is 7.02. The molecule has 0 radical (unpaired) electrons. The number of carbonyl (C=O) groups is 1. The molecule has 3 rings (SSSR count). The van der Waals surface area contributed by atoms with Gasteiger partial charge >= 0.3 is 6.03 Å². The van der Waals surface area contributed by atoms with Gasteiger partial charge in [0.25, 0.3) is 6.43 Å². The number of ether oxygens (including phenoxy) is 2. The molecule has 146 valence electrons. The first kappa shape index (κ1) is 18.9. The van der Waals surface area contributed by atoms with Crippen LogP contribution in [0.5, 0.6) is 11.5 Å². The van der Waals surface area contributed by atoms with E-state index in [1.54, 1.807) is 19.2 Å². The van der Waals surface area contributed by atoms with Crippen molar-refractivity contribution < 1.29 is 23.0 Å². The fraction of sp³-hybridized carbons (Fsp3) is 0.444. The second kappa shape index (κ2) is 7.05. The number of halogens is 2. The third kappa shape index (κ3) is 4.12. The van der Waals surface area contributed by atoms with E-state index in [4.69, 9.17) is 9.47 Å². The summed E-state index contributed by atoms with van der Waals surface area (Å²) < 4.78 is 38.8. The van der Waals surface area contributed by atoms with Gasteiger partial charge in [-0.25, -0.2) is 13.6 Å². The molecule has 9 heteroatoms. The molecule has 0 saturated carbocycles. The molecule has 7 nitrogen and oxygen atoms in total. The lowest BCUT2D eigenvalue weighted by molar-refractivity contribution is 0.0832. The largest absolute Gasteiger partial charge is 0.497 e. The zero-order chi connectivity index (χ0) is 19.8. The van der Waals surface area contributed by atoms with Crippen LogP contribution in [0.1, 0.15) is 31.5 Å². The number of rotatable bonds is 3. The predicted octanol–water partition coefficient (Wildman–Crippen LogP) is 3.57. The monoisotopic (exact) mass is 380 g/mol. The summed E-state index contributed by atoms with van der Waals surface area (Å²) >= 11 is 0. The van der Waals surface area contributed by atoms with Gasteiger partial charge in [0.05, 0.1) is 25.9 Å². The first-order chi connectivity index (χ1) is 12.7. The third-order valence-electron chi connectivity index (χ3n) is 4.19. The number of urea groups is 1. The van der Waals surface area contributed by atoms with Gasteiger partial charge in [-0.1, -0.05) is 0 Å². The van der Waals surface area contributed by atoms with E-state index in [1.807, 2.05) is 19.9 Å². The highest BCUT2D eigenvalue weighted by Gasteiger charge is 2.32. The van der Waals surface area contributed by atoms with Crippen LogP contribution < -0.4 is 14.8 Å². The summed E-state index contributed by atoms with van der Waals surface area (Å²) in [7, 11) is 3.09. The van der Waals surface area contributed by atoms with Crippen molar-refractivity contribution in [1.82, 2.24) is 14.7 Å². The minimum Gasteiger partial charge on any atom is -0.497 e. The number of fused-ring (bicyclic) bond motifs is 1. The number of benzene rings is 1. The summed E-state index contributed by atoms with van der Waals surface area (Å²) in [5.74, 6) is 1.28. The Morgan fingerprint density at radius 3 is 2.81 bits per heavy atom. The Morgan fingerprint density at radius 2 is 2.15 bits per heavy atom. The van der Waals surface area contributed by atoms with E-state index in [-0.39, 0.29) is 18.8 Å². The van der Waals surface area contributed by atoms with E-state index in [2.05, 4.69) is 10.4 Å². The molecule has 0 aliphatic carbocycles. The van der Waals surface area contributed by atoms with Crippen LogP contribution in [0, 0.1) is 0 Å². The Hall–Kier alpha value is -2.84. The number of aromatic nitrogens is 2. The van der Waals surface area contributed by atoms with Crippen LogP contribution in [-0.2, 0) is 13.6 Å². The van der Waals surface area contributed by atoms with Crippen molar-refractivity contribution in [2.45, 2.75) is 32.4 Å². The number of nitrogens with one attached hydrogen (secondary N) is 1. The smallest absolute Gasteiger partial charge is 0.322 e. The lowest BCUT2D eigenvalue weighted by Gasteiger charge is -2.29. The topological polar surface area (TPSA) is 68.6 Å². The molecular weight excluding hydrogens is 358 g/mol. The molecule has 1 aromatic carbocycles. The maximum absolute atomic E-state index is 13.1. The summed E-state index contributed by atoms with van der Waals surface area (Å²) in [4.78, 5) is 14.3. The van der Waals surface area contributed by atoms with Crippen LogP contribution in [0.3, 0.4) is 0 Å². The SMILES string of the molecule is COc1ccc2c(c1)OC(C)(C)CN(C(=O)Nc1cn(C)nc1C(F)F)C2. The summed E-state index contributed by atoms with van der Waals surface area (Å²) in [6.07, 6.45) is -1.42. The summed E-state index contributed by atoms with van der Waals surface area (Å²) in [6.45, 7) is 4.27. The average molecular weight is 380 g/mol. The van der Waals surface area contributed by atoms with Gasteiger partial charge in [0.15, 0.2) is 5.69 Å². The van der Waals surface area contributed by atoms with E-state index >= 15 is 0 Å². The van der Waals surface area contributed by atoms with Crippen LogP contribution in [0.4, 0.5) is 19.3 Å². The van der Waals surface area contributed by atoms with E-state index in [9.17, 15) is 13.6 Å². The molecule has 0 spiro atoms. The molecule has 27 heavy (non-hydrogen) atoms. The van der Waals surface area contributed by atoms with Crippen molar-refractivity contribution >= 4 is 11.7 Å². The maximum atomic E-state index is 13.1. The number of carbonyl (C=O) groups excluding carboxylic acids is 1. The highest BCUT2D eigenvalue weighted by molar-refractivity contribution is 5.90. The molecule has 2 aromatic rings. The summed E-state index contributed by atoms with van der Waals surface area (Å²) in [5.41, 5.74) is -0.330. The van der Waals surface area contributed by atoms with Crippen LogP contribution in [-0.4, -0.2) is 40.0 Å². The van der Waals surface area contributed by atoms with Crippen molar-refractivity contribution in [3.8, 4) is 11.5 Å². The number of methoxy groups -OCH3 is 1. The van der Waals surface area contributed by atoms with Crippen molar-refractivity contribution in [3.63, 3.8) is 0 Å².